The van der Waals surface area contributed by atoms with E-state index in [1.54, 1.807) is 6.07 Å². The molecular formula is C19H32N4O2. The second kappa shape index (κ2) is 12.2. The van der Waals surface area contributed by atoms with E-state index in [0.29, 0.717) is 24.5 Å². The number of carbonyl (C=O) groups is 2. The van der Waals surface area contributed by atoms with E-state index in [0.717, 1.165) is 44.1 Å². The number of hydrogen-bond donors (Lipinski definition) is 4. The fourth-order valence-electron chi connectivity index (χ4n) is 2.33. The summed E-state index contributed by atoms with van der Waals surface area (Å²) in [5, 5.41) is 11.3. The summed E-state index contributed by atoms with van der Waals surface area (Å²) in [6, 6.07) is 5.02. The van der Waals surface area contributed by atoms with Crippen molar-refractivity contribution in [1.29, 1.82) is 0 Å². The molecule has 0 saturated carbocycles. The molecule has 1 rings (SSSR count). The maximum absolute atomic E-state index is 11.9. The van der Waals surface area contributed by atoms with Gasteiger partial charge in [0.1, 0.15) is 0 Å². The fourth-order valence-corrected chi connectivity index (χ4v) is 2.33. The standard InChI is InChI=1S/C19H32N4O2/c1-4-6-8-12-20-18(24)22-16-11-10-15(3)17(14-16)23-19(25)21-13-9-7-5-2/h10-11,14H,4-9,12-13H2,1-3H3,(H2,20,22,24)(H2,21,23,25). The lowest BCUT2D eigenvalue weighted by atomic mass is 10.2. The maximum Gasteiger partial charge on any atom is 0.319 e. The van der Waals surface area contributed by atoms with Crippen LogP contribution in [0.4, 0.5) is 21.0 Å². The van der Waals surface area contributed by atoms with Gasteiger partial charge in [-0.2, -0.15) is 0 Å². The van der Waals surface area contributed by atoms with Crippen molar-refractivity contribution in [3.05, 3.63) is 23.8 Å². The van der Waals surface area contributed by atoms with Crippen LogP contribution < -0.4 is 21.3 Å². The second-order valence-corrected chi connectivity index (χ2v) is 6.21. The predicted octanol–water partition coefficient (Wildman–Crippen LogP) is 4.62. The first-order chi connectivity index (χ1) is 12.1. The van der Waals surface area contributed by atoms with E-state index >= 15 is 0 Å². The van der Waals surface area contributed by atoms with E-state index in [4.69, 9.17) is 0 Å². The highest BCUT2D eigenvalue weighted by Gasteiger charge is 2.07. The third-order valence-electron chi connectivity index (χ3n) is 3.88. The Morgan fingerprint density at radius 1 is 0.840 bits per heavy atom. The van der Waals surface area contributed by atoms with Gasteiger partial charge in [0.05, 0.1) is 0 Å². The van der Waals surface area contributed by atoms with Gasteiger partial charge in [0.15, 0.2) is 0 Å². The van der Waals surface area contributed by atoms with Crippen molar-refractivity contribution < 1.29 is 9.59 Å². The van der Waals surface area contributed by atoms with Gasteiger partial charge in [-0.25, -0.2) is 9.59 Å². The van der Waals surface area contributed by atoms with E-state index < -0.39 is 0 Å². The molecule has 0 aliphatic carbocycles. The van der Waals surface area contributed by atoms with Crippen molar-refractivity contribution in [2.24, 2.45) is 0 Å². The molecule has 0 saturated heterocycles. The number of nitrogens with one attached hydrogen (secondary N) is 4. The minimum absolute atomic E-state index is 0.222. The number of amides is 4. The van der Waals surface area contributed by atoms with Gasteiger partial charge in [0, 0.05) is 24.5 Å². The van der Waals surface area contributed by atoms with Crippen LogP contribution in [0.1, 0.15) is 57.9 Å². The van der Waals surface area contributed by atoms with E-state index in [-0.39, 0.29) is 12.1 Å². The third kappa shape index (κ3) is 8.98. The first kappa shape index (κ1) is 20.8. The number of carbonyl (C=O) groups excluding carboxylic acids is 2. The van der Waals surface area contributed by atoms with Crippen molar-refractivity contribution in [2.45, 2.75) is 59.3 Å². The van der Waals surface area contributed by atoms with Gasteiger partial charge in [0.2, 0.25) is 0 Å². The van der Waals surface area contributed by atoms with Gasteiger partial charge in [-0.1, -0.05) is 45.6 Å². The highest BCUT2D eigenvalue weighted by Crippen LogP contribution is 2.20. The zero-order valence-corrected chi connectivity index (χ0v) is 15.7. The van der Waals surface area contributed by atoms with Crippen LogP contribution in [0.3, 0.4) is 0 Å². The number of benzene rings is 1. The molecule has 1 aromatic carbocycles. The molecule has 1 aromatic rings. The number of urea groups is 2. The predicted molar refractivity (Wildman–Crippen MR) is 104 cm³/mol. The minimum Gasteiger partial charge on any atom is -0.338 e. The van der Waals surface area contributed by atoms with Gasteiger partial charge >= 0.3 is 12.1 Å². The lowest BCUT2D eigenvalue weighted by Gasteiger charge is -2.13. The molecule has 4 amide bonds. The number of aryl methyl sites for hydroxylation is 1. The Labute approximate surface area is 151 Å². The molecule has 0 fully saturated rings. The Morgan fingerprint density at radius 2 is 1.40 bits per heavy atom. The van der Waals surface area contributed by atoms with Gasteiger partial charge in [-0.05, 0) is 37.5 Å². The molecule has 4 N–H and O–H groups in total. The zero-order chi connectivity index (χ0) is 18.5. The first-order valence-corrected chi connectivity index (χ1v) is 9.27. The highest BCUT2D eigenvalue weighted by atomic mass is 16.2. The molecule has 0 aromatic heterocycles. The lowest BCUT2D eigenvalue weighted by molar-refractivity contribution is 0.251. The number of anilines is 2. The topological polar surface area (TPSA) is 82.3 Å². The molecule has 6 nitrogen and oxygen atoms in total. The summed E-state index contributed by atoms with van der Waals surface area (Å²) in [4.78, 5) is 23.8. The first-order valence-electron chi connectivity index (χ1n) is 9.27. The molecule has 0 unspecified atom stereocenters. The van der Waals surface area contributed by atoms with Crippen LogP contribution in [0.25, 0.3) is 0 Å². The second-order valence-electron chi connectivity index (χ2n) is 6.21. The molecule has 0 heterocycles. The molecular weight excluding hydrogens is 316 g/mol. The molecule has 25 heavy (non-hydrogen) atoms. The highest BCUT2D eigenvalue weighted by molar-refractivity contribution is 5.93. The fraction of sp³-hybridized carbons (Fsp3) is 0.579. The van der Waals surface area contributed by atoms with Crippen molar-refractivity contribution in [3.63, 3.8) is 0 Å². The summed E-state index contributed by atoms with van der Waals surface area (Å²) in [5.41, 5.74) is 2.29. The number of hydrogen-bond acceptors (Lipinski definition) is 2. The summed E-state index contributed by atoms with van der Waals surface area (Å²) < 4.78 is 0. The largest absolute Gasteiger partial charge is 0.338 e. The zero-order valence-electron chi connectivity index (χ0n) is 15.7. The Kier molecular flexibility index (Phi) is 10.1. The average Bonchev–Trinajstić information content (AvgIpc) is 2.58. The van der Waals surface area contributed by atoms with Crippen LogP contribution in [-0.4, -0.2) is 25.2 Å². The normalized spacial score (nSPS) is 10.2. The van der Waals surface area contributed by atoms with Crippen molar-refractivity contribution in [1.82, 2.24) is 10.6 Å². The van der Waals surface area contributed by atoms with Crippen LogP contribution in [0.15, 0.2) is 18.2 Å². The smallest absolute Gasteiger partial charge is 0.319 e. The van der Waals surface area contributed by atoms with Crippen LogP contribution in [-0.2, 0) is 0 Å². The van der Waals surface area contributed by atoms with Crippen molar-refractivity contribution in [2.75, 3.05) is 23.7 Å². The molecule has 0 radical (unpaired) electrons. The molecule has 0 spiro atoms. The van der Waals surface area contributed by atoms with E-state index in [1.165, 1.54) is 0 Å². The molecule has 6 heteroatoms. The number of rotatable bonds is 10. The summed E-state index contributed by atoms with van der Waals surface area (Å²) in [6.45, 7) is 7.50. The van der Waals surface area contributed by atoms with Gasteiger partial charge < -0.3 is 21.3 Å². The summed E-state index contributed by atoms with van der Waals surface area (Å²) >= 11 is 0. The quantitative estimate of drug-likeness (QED) is 0.465. The molecule has 140 valence electrons. The van der Waals surface area contributed by atoms with Gasteiger partial charge in [-0.15, -0.1) is 0 Å². The minimum atomic E-state index is -0.227. The molecule has 0 aliphatic rings. The lowest BCUT2D eigenvalue weighted by Crippen LogP contribution is -2.30. The van der Waals surface area contributed by atoms with E-state index in [2.05, 4.69) is 35.1 Å². The molecule has 0 atom stereocenters. The Morgan fingerprint density at radius 3 is 1.96 bits per heavy atom. The van der Waals surface area contributed by atoms with Crippen molar-refractivity contribution >= 4 is 23.4 Å². The number of unbranched alkanes of at least 4 members (excludes halogenated alkanes) is 4. The van der Waals surface area contributed by atoms with E-state index in [9.17, 15) is 9.59 Å². The van der Waals surface area contributed by atoms with Gasteiger partial charge in [0.25, 0.3) is 0 Å². The Hall–Kier alpha value is -2.24. The molecule has 0 bridgehead atoms. The summed E-state index contributed by atoms with van der Waals surface area (Å²) in [6.07, 6.45) is 6.40. The van der Waals surface area contributed by atoms with E-state index in [1.807, 2.05) is 19.1 Å². The summed E-state index contributed by atoms with van der Waals surface area (Å²) in [5.74, 6) is 0. The Bertz CT molecular complexity index is 546. The summed E-state index contributed by atoms with van der Waals surface area (Å²) in [7, 11) is 0. The van der Waals surface area contributed by atoms with Crippen molar-refractivity contribution in [3.8, 4) is 0 Å². The third-order valence-corrected chi connectivity index (χ3v) is 3.88. The average molecular weight is 348 g/mol. The monoisotopic (exact) mass is 348 g/mol. The Balaban J connectivity index is 2.49. The van der Waals surface area contributed by atoms with Gasteiger partial charge in [-0.3, -0.25) is 0 Å². The van der Waals surface area contributed by atoms with Crippen LogP contribution in [0.2, 0.25) is 0 Å². The van der Waals surface area contributed by atoms with Crippen LogP contribution >= 0.6 is 0 Å². The van der Waals surface area contributed by atoms with Crippen LogP contribution in [0.5, 0.6) is 0 Å². The maximum atomic E-state index is 11.9. The molecule has 0 aliphatic heterocycles. The van der Waals surface area contributed by atoms with Crippen LogP contribution in [0, 0.1) is 6.92 Å². The SMILES string of the molecule is CCCCCNC(=O)Nc1ccc(C)c(NC(=O)NCCCCC)c1.